The minimum absolute atomic E-state index is 0.330. The normalized spacial score (nSPS) is 19.9. The highest BCUT2D eigenvalue weighted by atomic mass is 32.1. The number of rotatable bonds is 8. The first kappa shape index (κ1) is 16.5. The molecule has 3 nitrogen and oxygen atoms in total. The summed E-state index contributed by atoms with van der Waals surface area (Å²) in [6.45, 7) is 3.87. The molecule has 0 saturated carbocycles. The molecule has 0 bridgehead atoms. The second-order valence-electron chi connectivity index (χ2n) is 6.03. The summed E-state index contributed by atoms with van der Waals surface area (Å²) in [5.41, 5.74) is 5.68. The van der Waals surface area contributed by atoms with Crippen LogP contribution in [0, 0.1) is 5.92 Å². The zero-order valence-corrected chi connectivity index (χ0v) is 13.9. The first-order chi connectivity index (χ1) is 10.3. The van der Waals surface area contributed by atoms with Crippen LogP contribution in [-0.2, 0) is 4.79 Å². The van der Waals surface area contributed by atoms with Gasteiger partial charge in [0.25, 0.3) is 0 Å². The SMILES string of the molecule is CCCC(CCN)CCC(=O)N1CCCC1c1cccs1. The zero-order valence-electron chi connectivity index (χ0n) is 13.1. The van der Waals surface area contributed by atoms with E-state index in [9.17, 15) is 4.79 Å². The average molecular weight is 308 g/mol. The van der Waals surface area contributed by atoms with E-state index >= 15 is 0 Å². The predicted molar refractivity (Wildman–Crippen MR) is 89.3 cm³/mol. The summed E-state index contributed by atoms with van der Waals surface area (Å²) in [6.07, 6.45) is 7.36. The number of hydrogen-bond donors (Lipinski definition) is 1. The maximum atomic E-state index is 12.6. The summed E-state index contributed by atoms with van der Waals surface area (Å²) in [5, 5.41) is 2.11. The van der Waals surface area contributed by atoms with Crippen LogP contribution in [-0.4, -0.2) is 23.9 Å². The Balaban J connectivity index is 1.87. The Kier molecular flexibility index (Phi) is 6.71. The Labute approximate surface area is 132 Å². The van der Waals surface area contributed by atoms with Crippen molar-refractivity contribution in [3.8, 4) is 0 Å². The van der Waals surface area contributed by atoms with Gasteiger partial charge in [-0.1, -0.05) is 25.8 Å². The molecule has 4 heteroatoms. The molecule has 2 N–H and O–H groups in total. The Bertz CT molecular complexity index is 412. The quantitative estimate of drug-likeness (QED) is 0.790. The lowest BCUT2D eigenvalue weighted by Gasteiger charge is -2.25. The summed E-state index contributed by atoms with van der Waals surface area (Å²) < 4.78 is 0. The zero-order chi connectivity index (χ0) is 15.1. The molecule has 1 fully saturated rings. The fourth-order valence-corrected chi connectivity index (χ4v) is 4.26. The van der Waals surface area contributed by atoms with Gasteiger partial charge in [0.2, 0.25) is 5.91 Å². The van der Waals surface area contributed by atoms with Crippen molar-refractivity contribution >= 4 is 17.2 Å². The van der Waals surface area contributed by atoms with Crippen molar-refractivity contribution in [2.75, 3.05) is 13.1 Å². The Morgan fingerprint density at radius 3 is 3.00 bits per heavy atom. The van der Waals surface area contributed by atoms with Gasteiger partial charge >= 0.3 is 0 Å². The molecular weight excluding hydrogens is 280 g/mol. The van der Waals surface area contributed by atoms with Crippen LogP contribution in [0.5, 0.6) is 0 Å². The van der Waals surface area contributed by atoms with Gasteiger partial charge in [0.05, 0.1) is 6.04 Å². The lowest BCUT2D eigenvalue weighted by molar-refractivity contribution is -0.132. The molecule has 1 aliphatic heterocycles. The second kappa shape index (κ2) is 8.54. The van der Waals surface area contributed by atoms with Crippen LogP contribution in [0.1, 0.15) is 62.8 Å². The van der Waals surface area contributed by atoms with E-state index in [1.807, 2.05) is 0 Å². The number of carbonyl (C=O) groups is 1. The van der Waals surface area contributed by atoms with Crippen LogP contribution in [0.3, 0.4) is 0 Å². The maximum absolute atomic E-state index is 12.6. The van der Waals surface area contributed by atoms with E-state index in [1.54, 1.807) is 11.3 Å². The molecule has 1 amide bonds. The largest absolute Gasteiger partial charge is 0.335 e. The molecule has 0 spiro atoms. The Morgan fingerprint density at radius 2 is 2.33 bits per heavy atom. The highest BCUT2D eigenvalue weighted by Crippen LogP contribution is 2.35. The number of nitrogens with zero attached hydrogens (tertiary/aromatic N) is 1. The molecule has 2 unspecified atom stereocenters. The van der Waals surface area contributed by atoms with Crippen LogP contribution in [0.4, 0.5) is 0 Å². The van der Waals surface area contributed by atoms with Gasteiger partial charge < -0.3 is 10.6 Å². The summed E-state index contributed by atoms with van der Waals surface area (Å²) in [6, 6.07) is 4.58. The fraction of sp³-hybridized carbons (Fsp3) is 0.706. The minimum atomic E-state index is 0.330. The van der Waals surface area contributed by atoms with Crippen molar-refractivity contribution in [3.63, 3.8) is 0 Å². The minimum Gasteiger partial charge on any atom is -0.335 e. The molecule has 2 atom stereocenters. The molecule has 2 rings (SSSR count). The summed E-state index contributed by atoms with van der Waals surface area (Å²) in [5.74, 6) is 0.954. The van der Waals surface area contributed by atoms with E-state index in [0.717, 1.165) is 38.8 Å². The lowest BCUT2D eigenvalue weighted by atomic mass is 9.94. The van der Waals surface area contributed by atoms with Crippen molar-refractivity contribution in [3.05, 3.63) is 22.4 Å². The third-order valence-corrected chi connectivity index (χ3v) is 5.46. The number of carbonyl (C=O) groups excluding carboxylic acids is 1. The Morgan fingerprint density at radius 1 is 1.48 bits per heavy atom. The summed E-state index contributed by atoms with van der Waals surface area (Å²) in [4.78, 5) is 16.0. The van der Waals surface area contributed by atoms with Gasteiger partial charge in [-0.25, -0.2) is 0 Å². The standard InChI is InChI=1S/C17H28N2OS/c1-2-5-14(10-11-18)8-9-17(20)19-12-3-6-15(19)16-7-4-13-21-16/h4,7,13-15H,2-3,5-6,8-12,18H2,1H3. The van der Waals surface area contributed by atoms with Crippen molar-refractivity contribution < 1.29 is 4.79 Å². The highest BCUT2D eigenvalue weighted by Gasteiger charge is 2.30. The third kappa shape index (κ3) is 4.55. The number of hydrogen-bond acceptors (Lipinski definition) is 3. The molecule has 0 aromatic carbocycles. The van der Waals surface area contributed by atoms with Crippen molar-refractivity contribution in [2.45, 2.75) is 57.9 Å². The average Bonchev–Trinajstić information content (AvgIpc) is 3.14. The van der Waals surface area contributed by atoms with Crippen molar-refractivity contribution in [1.82, 2.24) is 4.90 Å². The third-order valence-electron chi connectivity index (χ3n) is 4.48. The van der Waals surface area contributed by atoms with Gasteiger partial charge in [0, 0.05) is 17.8 Å². The summed E-state index contributed by atoms with van der Waals surface area (Å²) >= 11 is 1.77. The smallest absolute Gasteiger partial charge is 0.223 e. The number of nitrogens with two attached hydrogens (primary N) is 1. The van der Waals surface area contributed by atoms with Gasteiger partial charge in [0.1, 0.15) is 0 Å². The van der Waals surface area contributed by atoms with Gasteiger partial charge in [-0.3, -0.25) is 4.79 Å². The molecular formula is C17H28N2OS. The van der Waals surface area contributed by atoms with E-state index in [4.69, 9.17) is 5.73 Å². The topological polar surface area (TPSA) is 46.3 Å². The van der Waals surface area contributed by atoms with Gasteiger partial charge in [-0.05, 0) is 49.6 Å². The maximum Gasteiger partial charge on any atom is 0.223 e. The number of amides is 1. The first-order valence-electron chi connectivity index (χ1n) is 8.29. The fourth-order valence-electron chi connectivity index (χ4n) is 3.39. The first-order valence-corrected chi connectivity index (χ1v) is 9.17. The Hall–Kier alpha value is -0.870. The van der Waals surface area contributed by atoms with Crippen molar-refractivity contribution in [1.29, 1.82) is 0 Å². The molecule has 1 saturated heterocycles. The van der Waals surface area contributed by atoms with E-state index in [0.29, 0.717) is 24.3 Å². The highest BCUT2D eigenvalue weighted by molar-refractivity contribution is 7.10. The summed E-state index contributed by atoms with van der Waals surface area (Å²) in [7, 11) is 0. The molecule has 0 radical (unpaired) electrons. The van der Waals surface area contributed by atoms with Crippen LogP contribution in [0.25, 0.3) is 0 Å². The van der Waals surface area contributed by atoms with Crippen LogP contribution >= 0.6 is 11.3 Å². The van der Waals surface area contributed by atoms with Crippen molar-refractivity contribution in [2.24, 2.45) is 11.7 Å². The molecule has 21 heavy (non-hydrogen) atoms. The van der Waals surface area contributed by atoms with E-state index in [-0.39, 0.29) is 0 Å². The molecule has 118 valence electrons. The van der Waals surface area contributed by atoms with Crippen LogP contribution < -0.4 is 5.73 Å². The lowest BCUT2D eigenvalue weighted by Crippen LogP contribution is -2.30. The molecule has 1 aromatic rings. The molecule has 1 aromatic heterocycles. The molecule has 0 aliphatic carbocycles. The van der Waals surface area contributed by atoms with Gasteiger partial charge in [-0.15, -0.1) is 11.3 Å². The number of likely N-dealkylation sites (tertiary alicyclic amines) is 1. The van der Waals surface area contributed by atoms with Crippen LogP contribution in [0.2, 0.25) is 0 Å². The molecule has 2 heterocycles. The van der Waals surface area contributed by atoms with Gasteiger partial charge in [-0.2, -0.15) is 0 Å². The monoisotopic (exact) mass is 308 g/mol. The predicted octanol–water partition coefficient (Wildman–Crippen LogP) is 3.96. The van der Waals surface area contributed by atoms with Gasteiger partial charge in [0.15, 0.2) is 0 Å². The second-order valence-corrected chi connectivity index (χ2v) is 7.01. The van der Waals surface area contributed by atoms with E-state index in [1.165, 1.54) is 17.7 Å². The van der Waals surface area contributed by atoms with Crippen LogP contribution in [0.15, 0.2) is 17.5 Å². The number of thiophene rings is 1. The molecule has 1 aliphatic rings. The van der Waals surface area contributed by atoms with E-state index < -0.39 is 0 Å². The van der Waals surface area contributed by atoms with E-state index in [2.05, 4.69) is 29.3 Å².